The van der Waals surface area contributed by atoms with Gasteiger partial charge in [0.2, 0.25) is 0 Å². The Bertz CT molecular complexity index is 921. The van der Waals surface area contributed by atoms with Crippen molar-refractivity contribution in [2.24, 2.45) is 0 Å². The lowest BCUT2D eigenvalue weighted by Gasteiger charge is -2.13. The minimum Gasteiger partial charge on any atom is -0.495 e. The number of methoxy groups -OCH3 is 1. The number of carbonyl (C=O) groups excluding carboxylic acids is 3. The zero-order valence-corrected chi connectivity index (χ0v) is 15.6. The smallest absolute Gasteiger partial charge is 0.405 e. The molecule has 0 atom stereocenters. The Balaban J connectivity index is 1.96. The summed E-state index contributed by atoms with van der Waals surface area (Å²) >= 11 is 0. The molecule has 0 saturated carbocycles. The highest BCUT2D eigenvalue weighted by molar-refractivity contribution is 5.99. The fraction of sp³-hybridized carbons (Fsp3) is 0.222. The summed E-state index contributed by atoms with van der Waals surface area (Å²) < 4.78 is 46.1. The number of esters is 1. The number of ether oxygens (including phenoxy) is 2. The Morgan fingerprint density at radius 1 is 1.10 bits per heavy atom. The lowest BCUT2D eigenvalue weighted by atomic mass is 10.2. The van der Waals surface area contributed by atoms with Gasteiger partial charge in [0.25, 0.3) is 5.91 Å². The van der Waals surface area contributed by atoms with Gasteiger partial charge in [0.1, 0.15) is 23.7 Å². The van der Waals surface area contributed by atoms with E-state index in [0.29, 0.717) is 11.4 Å². The number of nitrogens with zero attached hydrogens (tertiary/aromatic N) is 1. The first kappa shape index (κ1) is 22.5. The van der Waals surface area contributed by atoms with Crippen LogP contribution in [0.2, 0.25) is 0 Å². The van der Waals surface area contributed by atoms with Gasteiger partial charge in [0.15, 0.2) is 6.61 Å². The van der Waals surface area contributed by atoms with E-state index in [2.05, 4.69) is 10.3 Å². The predicted molar refractivity (Wildman–Crippen MR) is 98.4 cm³/mol. The van der Waals surface area contributed by atoms with E-state index >= 15 is 0 Å². The second-order valence-corrected chi connectivity index (χ2v) is 5.65. The highest BCUT2D eigenvalue weighted by Gasteiger charge is 2.28. The van der Waals surface area contributed by atoms with Crippen molar-refractivity contribution in [3.63, 3.8) is 0 Å². The average Bonchev–Trinajstić information content (AvgIpc) is 2.71. The standard InChI is InChI=1S/C18H17F3N4O5/c1-29-13-7-3-2-6-12(13)24-15-11(5-4-8-22-15)16(27)30-9-14(26)25-17(28)23-10-18(19,20)21/h2-8H,9-10H2,1H3,(H,22,24)(H2,23,25,26,28). The second kappa shape index (κ2) is 10.1. The van der Waals surface area contributed by atoms with Crippen LogP contribution in [0.5, 0.6) is 5.75 Å². The van der Waals surface area contributed by atoms with Crippen molar-refractivity contribution in [1.82, 2.24) is 15.6 Å². The van der Waals surface area contributed by atoms with Crippen LogP contribution in [0, 0.1) is 0 Å². The number of anilines is 2. The molecule has 0 aliphatic carbocycles. The number of carbonyl (C=O) groups is 3. The number of nitrogens with one attached hydrogen (secondary N) is 3. The molecule has 3 N–H and O–H groups in total. The number of aromatic nitrogens is 1. The number of amides is 3. The van der Waals surface area contributed by atoms with Gasteiger partial charge in [-0.25, -0.2) is 14.6 Å². The lowest BCUT2D eigenvalue weighted by molar-refractivity contribution is -0.125. The Morgan fingerprint density at radius 3 is 2.53 bits per heavy atom. The molecule has 12 heteroatoms. The molecule has 1 aromatic carbocycles. The molecule has 0 aliphatic heterocycles. The Hall–Kier alpha value is -3.83. The number of para-hydroxylation sites is 2. The van der Waals surface area contributed by atoms with E-state index in [1.54, 1.807) is 29.6 Å². The number of alkyl halides is 3. The molecule has 0 aliphatic rings. The summed E-state index contributed by atoms with van der Waals surface area (Å²) in [6, 6.07) is 8.36. The van der Waals surface area contributed by atoms with E-state index in [4.69, 9.17) is 9.47 Å². The first-order valence-electron chi connectivity index (χ1n) is 8.36. The zero-order chi connectivity index (χ0) is 22.1. The Morgan fingerprint density at radius 2 is 1.83 bits per heavy atom. The SMILES string of the molecule is COc1ccccc1Nc1ncccc1C(=O)OCC(=O)NC(=O)NCC(F)(F)F. The highest BCUT2D eigenvalue weighted by Crippen LogP contribution is 2.27. The minimum atomic E-state index is -4.63. The predicted octanol–water partition coefficient (Wildman–Crippen LogP) is 2.38. The molecule has 0 bridgehead atoms. The van der Waals surface area contributed by atoms with Gasteiger partial charge < -0.3 is 20.1 Å². The second-order valence-electron chi connectivity index (χ2n) is 5.65. The van der Waals surface area contributed by atoms with Crippen molar-refractivity contribution >= 4 is 29.4 Å². The van der Waals surface area contributed by atoms with Crippen LogP contribution in [-0.4, -0.2) is 49.3 Å². The molecule has 1 aromatic heterocycles. The zero-order valence-electron chi connectivity index (χ0n) is 15.6. The van der Waals surface area contributed by atoms with Crippen molar-refractivity contribution in [1.29, 1.82) is 0 Å². The molecule has 0 unspecified atom stereocenters. The molecule has 9 nitrogen and oxygen atoms in total. The van der Waals surface area contributed by atoms with Crippen LogP contribution < -0.4 is 20.7 Å². The van der Waals surface area contributed by atoms with Crippen molar-refractivity contribution in [2.75, 3.05) is 25.6 Å². The van der Waals surface area contributed by atoms with Gasteiger partial charge in [0, 0.05) is 6.20 Å². The van der Waals surface area contributed by atoms with Gasteiger partial charge in [-0.3, -0.25) is 10.1 Å². The van der Waals surface area contributed by atoms with Crippen LogP contribution in [0.1, 0.15) is 10.4 Å². The van der Waals surface area contributed by atoms with Crippen molar-refractivity contribution < 1.29 is 37.0 Å². The fourth-order valence-corrected chi connectivity index (χ4v) is 2.14. The first-order valence-corrected chi connectivity index (χ1v) is 8.36. The molecular weight excluding hydrogens is 409 g/mol. The molecular formula is C18H17F3N4O5. The third kappa shape index (κ3) is 6.96. The van der Waals surface area contributed by atoms with E-state index in [0.717, 1.165) is 0 Å². The molecule has 0 fully saturated rings. The topological polar surface area (TPSA) is 119 Å². The normalized spacial score (nSPS) is 10.7. The Labute approximate surface area is 168 Å². The van der Waals surface area contributed by atoms with E-state index in [1.807, 2.05) is 0 Å². The molecule has 0 radical (unpaired) electrons. The van der Waals surface area contributed by atoms with E-state index < -0.39 is 37.2 Å². The molecule has 160 valence electrons. The number of hydrogen-bond acceptors (Lipinski definition) is 7. The third-order valence-electron chi connectivity index (χ3n) is 3.42. The number of hydrogen-bond donors (Lipinski definition) is 3. The average molecular weight is 426 g/mol. The van der Waals surface area contributed by atoms with Crippen LogP contribution in [0.3, 0.4) is 0 Å². The summed E-state index contributed by atoms with van der Waals surface area (Å²) in [7, 11) is 1.47. The summed E-state index contributed by atoms with van der Waals surface area (Å²) in [5, 5.41) is 5.98. The molecule has 0 saturated heterocycles. The summed E-state index contributed by atoms with van der Waals surface area (Å²) in [4.78, 5) is 39.2. The molecule has 1 heterocycles. The largest absolute Gasteiger partial charge is 0.495 e. The van der Waals surface area contributed by atoms with Crippen molar-refractivity contribution in [2.45, 2.75) is 6.18 Å². The quantitative estimate of drug-likeness (QED) is 0.582. The van der Waals surface area contributed by atoms with Crippen LogP contribution >= 0.6 is 0 Å². The summed E-state index contributed by atoms with van der Waals surface area (Å²) in [5.74, 6) is -1.43. The van der Waals surface area contributed by atoms with Crippen molar-refractivity contribution in [3.05, 3.63) is 48.2 Å². The summed E-state index contributed by atoms with van der Waals surface area (Å²) in [5.41, 5.74) is 0.504. The number of urea groups is 1. The van der Waals surface area contributed by atoms with Crippen LogP contribution in [0.15, 0.2) is 42.6 Å². The van der Waals surface area contributed by atoms with E-state index in [1.165, 1.54) is 30.8 Å². The molecule has 2 rings (SSSR count). The van der Waals surface area contributed by atoms with Gasteiger partial charge in [0.05, 0.1) is 12.8 Å². The first-order chi connectivity index (χ1) is 14.2. The van der Waals surface area contributed by atoms with E-state index in [-0.39, 0.29) is 11.4 Å². The Kier molecular flexibility index (Phi) is 7.56. The number of imide groups is 1. The molecule has 2 aromatic rings. The van der Waals surface area contributed by atoms with Gasteiger partial charge in [-0.05, 0) is 24.3 Å². The lowest BCUT2D eigenvalue weighted by Crippen LogP contribution is -2.44. The number of halogens is 3. The summed E-state index contributed by atoms with van der Waals surface area (Å²) in [6.07, 6.45) is -3.20. The number of rotatable bonds is 7. The van der Waals surface area contributed by atoms with Gasteiger partial charge >= 0.3 is 18.2 Å². The van der Waals surface area contributed by atoms with Crippen LogP contribution in [0.4, 0.5) is 29.5 Å². The van der Waals surface area contributed by atoms with Gasteiger partial charge in [-0.15, -0.1) is 0 Å². The van der Waals surface area contributed by atoms with Crippen molar-refractivity contribution in [3.8, 4) is 5.75 Å². The maximum absolute atomic E-state index is 12.3. The fourth-order valence-electron chi connectivity index (χ4n) is 2.14. The third-order valence-corrected chi connectivity index (χ3v) is 3.42. The van der Waals surface area contributed by atoms with E-state index in [9.17, 15) is 27.6 Å². The molecule has 0 spiro atoms. The number of benzene rings is 1. The molecule has 30 heavy (non-hydrogen) atoms. The monoisotopic (exact) mass is 426 g/mol. The maximum atomic E-state index is 12.3. The van der Waals surface area contributed by atoms with Gasteiger partial charge in [-0.2, -0.15) is 13.2 Å². The van der Waals surface area contributed by atoms with Crippen LogP contribution in [0.25, 0.3) is 0 Å². The maximum Gasteiger partial charge on any atom is 0.405 e. The summed E-state index contributed by atoms with van der Waals surface area (Å²) in [6.45, 7) is -2.50. The molecule has 3 amide bonds. The highest BCUT2D eigenvalue weighted by atomic mass is 19.4. The van der Waals surface area contributed by atoms with Gasteiger partial charge in [-0.1, -0.05) is 12.1 Å². The minimum absolute atomic E-state index is 0.0160. The number of pyridine rings is 1. The van der Waals surface area contributed by atoms with Crippen LogP contribution in [-0.2, 0) is 9.53 Å².